The molecule has 0 radical (unpaired) electrons. The number of carboxylic acid groups (broad SMARTS) is 1. The third kappa shape index (κ3) is 6.68. The molecule has 0 bridgehead atoms. The fraction of sp³-hybridized carbons (Fsp3) is 0.222. The number of hydrogen-bond donors (Lipinski definition) is 4. The molecule has 8 nitrogen and oxygen atoms in total. The first-order valence-corrected chi connectivity index (χ1v) is 11.1. The highest BCUT2D eigenvalue weighted by Gasteiger charge is 2.34. The Morgan fingerprint density at radius 1 is 0.943 bits per heavy atom. The van der Waals surface area contributed by atoms with E-state index in [1.807, 2.05) is 35.6 Å². The molecule has 0 unspecified atom stereocenters. The lowest BCUT2D eigenvalue weighted by molar-refractivity contribution is -0.123. The molecule has 0 fully saturated rings. The smallest absolute Gasteiger partial charge is 0.405 e. The predicted octanol–water partition coefficient (Wildman–Crippen LogP) is 4.13. The van der Waals surface area contributed by atoms with Gasteiger partial charge in [0.2, 0.25) is 0 Å². The van der Waals surface area contributed by atoms with Crippen molar-refractivity contribution in [1.82, 2.24) is 5.32 Å². The van der Waals surface area contributed by atoms with E-state index in [2.05, 4.69) is 29.6 Å². The molecule has 3 aromatic rings. The van der Waals surface area contributed by atoms with Crippen LogP contribution in [0.3, 0.4) is 0 Å². The van der Waals surface area contributed by atoms with Crippen LogP contribution in [0.1, 0.15) is 29.8 Å². The van der Waals surface area contributed by atoms with Gasteiger partial charge < -0.3 is 25.6 Å². The second-order valence-electron chi connectivity index (χ2n) is 8.30. The van der Waals surface area contributed by atoms with Gasteiger partial charge in [0.1, 0.15) is 11.3 Å². The lowest BCUT2D eigenvalue weighted by atomic mass is 10.0. The van der Waals surface area contributed by atoms with E-state index in [0.717, 1.165) is 16.7 Å². The van der Waals surface area contributed by atoms with Crippen molar-refractivity contribution in [1.29, 1.82) is 0 Å². The van der Waals surface area contributed by atoms with E-state index in [1.165, 1.54) is 19.9 Å². The molecule has 0 saturated heterocycles. The quantitative estimate of drug-likeness (QED) is 0.326. The summed E-state index contributed by atoms with van der Waals surface area (Å²) in [6.45, 7) is 2.26. The zero-order valence-corrected chi connectivity index (χ0v) is 19.6. The number of aliphatic hydroxyl groups excluding tert-OH is 1. The molecule has 0 spiro atoms. The van der Waals surface area contributed by atoms with Gasteiger partial charge in [-0.1, -0.05) is 54.6 Å². The third-order valence-electron chi connectivity index (χ3n) is 5.53. The summed E-state index contributed by atoms with van der Waals surface area (Å²) in [4.78, 5) is 35.6. The zero-order valence-electron chi connectivity index (χ0n) is 19.6. The molecule has 0 saturated carbocycles. The molecule has 2 amide bonds. The van der Waals surface area contributed by atoms with Crippen LogP contribution in [0.2, 0.25) is 0 Å². The minimum atomic E-state index is -1.74. The molecule has 0 heterocycles. The first kappa shape index (κ1) is 25.5. The molecule has 182 valence electrons. The number of benzene rings is 3. The van der Waals surface area contributed by atoms with Crippen LogP contribution in [-0.2, 0) is 11.2 Å². The summed E-state index contributed by atoms with van der Waals surface area (Å²) in [6.07, 6.45) is -0.805. The van der Waals surface area contributed by atoms with Crippen LogP contribution in [0, 0.1) is 0 Å². The average Bonchev–Trinajstić information content (AvgIpc) is 2.85. The molecule has 8 heteroatoms. The lowest BCUT2D eigenvalue weighted by Gasteiger charge is -2.26. The van der Waals surface area contributed by atoms with E-state index in [0.29, 0.717) is 18.8 Å². The van der Waals surface area contributed by atoms with E-state index in [-0.39, 0.29) is 17.0 Å². The van der Waals surface area contributed by atoms with E-state index < -0.39 is 24.1 Å². The van der Waals surface area contributed by atoms with Crippen molar-refractivity contribution in [2.75, 3.05) is 18.5 Å². The van der Waals surface area contributed by atoms with Crippen LogP contribution in [0.4, 0.5) is 10.5 Å². The zero-order chi connectivity index (χ0) is 25.4. The largest absolute Gasteiger partial charge is 0.492 e. The second kappa shape index (κ2) is 11.3. The highest BCUT2D eigenvalue weighted by molar-refractivity contribution is 6.02. The van der Waals surface area contributed by atoms with Crippen LogP contribution in [0.5, 0.6) is 5.75 Å². The molecule has 0 aromatic heterocycles. The van der Waals surface area contributed by atoms with Gasteiger partial charge >= 0.3 is 6.09 Å². The molecular weight excluding hydrogens is 448 g/mol. The fourth-order valence-corrected chi connectivity index (χ4v) is 3.46. The number of Topliss-reactive ketones (excluding diaryl/α,β-unsaturated/α-hetero) is 1. The number of anilines is 1. The van der Waals surface area contributed by atoms with Crippen LogP contribution >= 0.6 is 0 Å². The highest BCUT2D eigenvalue weighted by atomic mass is 16.5. The summed E-state index contributed by atoms with van der Waals surface area (Å²) < 4.78 is 5.85. The van der Waals surface area contributed by atoms with Crippen molar-refractivity contribution in [2.24, 2.45) is 0 Å². The summed E-state index contributed by atoms with van der Waals surface area (Å²) >= 11 is 0. The maximum absolute atomic E-state index is 12.5. The van der Waals surface area contributed by atoms with Crippen LogP contribution in [0.15, 0.2) is 72.8 Å². The minimum absolute atomic E-state index is 0.253. The van der Waals surface area contributed by atoms with Crippen molar-refractivity contribution in [3.8, 4) is 16.9 Å². The molecule has 0 aliphatic carbocycles. The Morgan fingerprint density at radius 3 is 2.20 bits per heavy atom. The lowest BCUT2D eigenvalue weighted by Crippen LogP contribution is -2.56. The highest BCUT2D eigenvalue weighted by Crippen LogP contribution is 2.25. The van der Waals surface area contributed by atoms with Gasteiger partial charge in [0.05, 0.1) is 18.8 Å². The normalized spacial score (nSPS) is 12.3. The summed E-state index contributed by atoms with van der Waals surface area (Å²) in [6, 6.07) is 22.9. The number of aliphatic hydroxyl groups is 1. The fourth-order valence-electron chi connectivity index (χ4n) is 3.46. The number of carbonyl (C=O) groups is 3. The van der Waals surface area contributed by atoms with Gasteiger partial charge in [-0.25, -0.2) is 4.79 Å². The summed E-state index contributed by atoms with van der Waals surface area (Å²) in [7, 11) is 0. The van der Waals surface area contributed by atoms with Crippen molar-refractivity contribution >= 4 is 23.5 Å². The number of hydrogen-bond acceptors (Lipinski definition) is 5. The Labute approximate surface area is 203 Å². The van der Waals surface area contributed by atoms with Gasteiger partial charge in [-0.3, -0.25) is 9.59 Å². The Morgan fingerprint density at radius 2 is 1.60 bits per heavy atom. The van der Waals surface area contributed by atoms with Crippen molar-refractivity contribution in [2.45, 2.75) is 25.8 Å². The minimum Gasteiger partial charge on any atom is -0.492 e. The monoisotopic (exact) mass is 476 g/mol. The van der Waals surface area contributed by atoms with Gasteiger partial charge in [-0.2, -0.15) is 0 Å². The number of ether oxygens (including phenoxy) is 1. The summed E-state index contributed by atoms with van der Waals surface area (Å²) in [5.74, 6) is -0.633. The average molecular weight is 477 g/mol. The van der Waals surface area contributed by atoms with Gasteiger partial charge in [0.15, 0.2) is 5.78 Å². The number of amides is 2. The molecule has 1 atom stereocenters. The molecule has 0 aliphatic rings. The Bertz CT molecular complexity index is 1190. The predicted molar refractivity (Wildman–Crippen MR) is 133 cm³/mol. The van der Waals surface area contributed by atoms with E-state index >= 15 is 0 Å². The maximum Gasteiger partial charge on any atom is 0.405 e. The number of nitrogens with one attached hydrogen (secondary N) is 2. The van der Waals surface area contributed by atoms with Crippen molar-refractivity contribution < 1.29 is 29.3 Å². The van der Waals surface area contributed by atoms with E-state index in [9.17, 15) is 19.5 Å². The second-order valence-corrected chi connectivity index (χ2v) is 8.30. The first-order valence-electron chi connectivity index (χ1n) is 11.1. The SMILES string of the molecule is CC(=O)c1cc(NC(=O)[C@](C)(CO)NC(=O)O)ccc1OCCc1ccc(-c2ccccc2)cc1. The number of ketones is 1. The van der Waals surface area contributed by atoms with Crippen molar-refractivity contribution in [3.05, 3.63) is 83.9 Å². The Balaban J connectivity index is 1.64. The number of rotatable bonds is 10. The molecule has 0 aliphatic heterocycles. The van der Waals surface area contributed by atoms with E-state index in [1.54, 1.807) is 12.1 Å². The van der Waals surface area contributed by atoms with Gasteiger partial charge in [-0.15, -0.1) is 0 Å². The van der Waals surface area contributed by atoms with E-state index in [4.69, 9.17) is 9.84 Å². The topological polar surface area (TPSA) is 125 Å². The van der Waals surface area contributed by atoms with Gasteiger partial charge in [0.25, 0.3) is 5.91 Å². The standard InChI is InChI=1S/C27H28N2O6/c1-18(31)23-16-22(28-25(32)27(2,17-30)29-26(33)34)12-13-24(23)35-15-14-19-8-10-21(11-9-19)20-6-4-3-5-7-20/h3-13,16,29-30H,14-15,17H2,1-2H3,(H,28,32)(H,33,34)/t27-/m0/s1. The van der Waals surface area contributed by atoms with Gasteiger partial charge in [0, 0.05) is 12.1 Å². The molecule has 3 aromatic carbocycles. The first-order chi connectivity index (χ1) is 16.7. The Kier molecular flexibility index (Phi) is 8.22. The molecule has 4 N–H and O–H groups in total. The Hall–Kier alpha value is -4.17. The van der Waals surface area contributed by atoms with Crippen LogP contribution in [0.25, 0.3) is 11.1 Å². The molecule has 3 rings (SSSR count). The third-order valence-corrected chi connectivity index (χ3v) is 5.53. The van der Waals surface area contributed by atoms with Gasteiger partial charge in [-0.05, 0) is 48.7 Å². The van der Waals surface area contributed by atoms with Crippen molar-refractivity contribution in [3.63, 3.8) is 0 Å². The number of carbonyl (C=O) groups excluding carboxylic acids is 2. The molecular formula is C27H28N2O6. The maximum atomic E-state index is 12.5. The summed E-state index contributed by atoms with van der Waals surface area (Å²) in [5.41, 5.74) is 2.17. The summed E-state index contributed by atoms with van der Waals surface area (Å²) in [5, 5.41) is 22.9. The van der Waals surface area contributed by atoms with Crippen LogP contribution < -0.4 is 15.4 Å². The van der Waals surface area contributed by atoms with Crippen LogP contribution in [-0.4, -0.2) is 46.7 Å². The molecule has 35 heavy (non-hydrogen) atoms.